The molecular formula is C87H135N11O22. The smallest absolute Gasteiger partial charge is 0.408 e. The SMILES string of the molecule is CC(C)(C)OC(=O)C[C@H](C(=O)O)C(C)(C)C.COC(=O)[C@@H]1C[C@H](NC(=O)c2ccc(C(=O)N[C@H]3C[C@@H](C(C)=O)N(C(=O)[C@@H](CC(=O)OC(C)(C)C)C(C)(C)C)C3)cc2)CN1C(=O)[C@@H](NC(=O)OC(C)(C)C)C(C)(C)C.COC(=O)[C@@H]1C[C@H](NC(=O)c2ccc(C(=O)N[C@H]3C[C@@H](C(C)=O)N(C(=O)[C@@H](N)C(C)(C)C)C3)cc2)CN1C(=O)[C@@H](N)C(C)(C)C. The number of rotatable bonds is 22. The van der Waals surface area contributed by atoms with Gasteiger partial charge in [-0.15, -0.1) is 0 Å². The number of methoxy groups -OCH3 is 2. The monoisotopic (exact) mass is 1690 g/mol. The molecule has 4 aliphatic rings. The normalized spacial score (nSPS) is 20.9. The summed E-state index contributed by atoms with van der Waals surface area (Å²) in [5, 5.41) is 23.2. The lowest BCUT2D eigenvalue weighted by atomic mass is 9.77. The molecule has 0 aromatic heterocycles. The lowest BCUT2D eigenvalue weighted by Crippen LogP contribution is -2.57. The van der Waals surface area contributed by atoms with Gasteiger partial charge in [-0.2, -0.15) is 0 Å². The molecule has 33 nitrogen and oxygen atoms in total. The number of Topliss-reactive ketones (excluding diaryl/α,β-unsaturated/α-hetero) is 2. The summed E-state index contributed by atoms with van der Waals surface area (Å²) < 4.78 is 25.9. The molecule has 9 amide bonds. The Morgan fingerprint density at radius 1 is 0.375 bits per heavy atom. The van der Waals surface area contributed by atoms with E-state index in [1.807, 2.05) is 62.3 Å². The van der Waals surface area contributed by atoms with Crippen LogP contribution in [0.3, 0.4) is 0 Å². The van der Waals surface area contributed by atoms with Gasteiger partial charge in [0.1, 0.15) is 34.9 Å². The second-order valence-electron chi connectivity index (χ2n) is 40.0. The Balaban J connectivity index is 0.000000436. The second-order valence-corrected chi connectivity index (χ2v) is 40.0. The number of hydrogen-bond donors (Lipinski definition) is 8. The van der Waals surface area contributed by atoms with Gasteiger partial charge in [0.2, 0.25) is 23.6 Å². The number of ketones is 2. The summed E-state index contributed by atoms with van der Waals surface area (Å²) in [6.07, 6.45) is -0.334. The van der Waals surface area contributed by atoms with Crippen molar-refractivity contribution in [1.29, 1.82) is 0 Å². The van der Waals surface area contributed by atoms with Crippen LogP contribution in [0.5, 0.6) is 0 Å². The van der Waals surface area contributed by atoms with Crippen LogP contribution in [0.1, 0.15) is 260 Å². The highest BCUT2D eigenvalue weighted by molar-refractivity contribution is 6.01. The summed E-state index contributed by atoms with van der Waals surface area (Å²) >= 11 is 0. The van der Waals surface area contributed by atoms with Crippen LogP contribution in [-0.2, 0) is 76.4 Å². The molecule has 10 N–H and O–H groups in total. The Morgan fingerprint density at radius 2 is 0.633 bits per heavy atom. The average Bonchev–Trinajstić information content (AvgIpc) is 1.70. The summed E-state index contributed by atoms with van der Waals surface area (Å²) in [6.45, 7) is 46.0. The highest BCUT2D eigenvalue weighted by Crippen LogP contribution is 2.36. The standard InChI is InChI=1S/C43H65N5O11.C32H48N6O7.C12H22O4/c1-24(49)30-19-27(22-47(30)36(53)29(40(2,3)4)21-32(50)58-42(8,9)10)44-34(51)25-15-17-26(18-16-25)35(52)45-28-20-31(38(55)57-14)48(23-28)37(54)33(41(5,6)7)46-39(56)59-43(11,12)13;1-17(39)22-13-20(15-37(22)28(42)24(33)31(2,3)4)35-26(40)18-9-11-19(12-10-18)27(41)36-21-14-23(30(44)45-8)38(16-21)29(43)25(34)32(5,6)7;1-11(2,3)8(10(14)15)7-9(13)16-12(4,5)6/h15-18,27-31,33H,19-23H2,1-14H3,(H,44,51)(H,45,52)(H,46,56);9-12,20-25H,13-16,33-34H2,1-8H3,(H,35,40)(H,36,41);8H,7H2,1-6H3,(H,14,15)/t27-,28-,29+,30-,31-,33+;20-,21-,22-,23-,24+,25+;8-/m001/s1. The number of ether oxygens (including phenoxy) is 5. The Kier molecular flexibility index (Phi) is 34.7. The zero-order valence-corrected chi connectivity index (χ0v) is 75.7. The van der Waals surface area contributed by atoms with E-state index in [9.17, 15) is 76.7 Å². The number of esters is 4. The molecule has 0 aliphatic carbocycles. The van der Waals surface area contributed by atoms with Gasteiger partial charge in [-0.3, -0.25) is 62.3 Å². The first-order valence-electron chi connectivity index (χ1n) is 40.6. The predicted molar refractivity (Wildman–Crippen MR) is 446 cm³/mol. The predicted octanol–water partition coefficient (Wildman–Crippen LogP) is 7.24. The zero-order chi connectivity index (χ0) is 92.2. The molecular weight excluding hydrogens is 1550 g/mol. The average molecular weight is 1690 g/mol. The van der Waals surface area contributed by atoms with Crippen LogP contribution in [0.15, 0.2) is 48.5 Å². The molecule has 2 aromatic carbocycles. The second kappa shape index (κ2) is 40.6. The maximum Gasteiger partial charge on any atom is 0.408 e. The first-order chi connectivity index (χ1) is 54.6. The molecule has 0 spiro atoms. The number of nitrogens with zero attached hydrogens (tertiary/aromatic N) is 4. The van der Waals surface area contributed by atoms with Gasteiger partial charge in [-0.25, -0.2) is 14.4 Å². The largest absolute Gasteiger partial charge is 0.481 e. The quantitative estimate of drug-likeness (QED) is 0.0425. The van der Waals surface area contributed by atoms with E-state index in [2.05, 4.69) is 26.6 Å². The lowest BCUT2D eigenvalue weighted by molar-refractivity contribution is -0.162. The van der Waals surface area contributed by atoms with E-state index < -0.39 is 194 Å². The third-order valence-corrected chi connectivity index (χ3v) is 20.8. The number of likely N-dealkylation sites (tertiary alicyclic amines) is 4. The molecule has 4 fully saturated rings. The van der Waals surface area contributed by atoms with Crippen molar-refractivity contribution >= 4 is 94.8 Å². The fourth-order valence-corrected chi connectivity index (χ4v) is 14.0. The third kappa shape index (κ3) is 30.0. The maximum atomic E-state index is 14.0. The Morgan fingerprint density at radius 3 is 0.875 bits per heavy atom. The molecule has 33 heteroatoms. The minimum atomic E-state index is -1.07. The van der Waals surface area contributed by atoms with Gasteiger partial charge < -0.3 is 86.4 Å². The number of alkyl carbamates (subject to hydrolysis) is 1. The van der Waals surface area contributed by atoms with Gasteiger partial charge in [0.25, 0.3) is 23.6 Å². The van der Waals surface area contributed by atoms with Gasteiger partial charge in [0.05, 0.1) is 63.1 Å². The fourth-order valence-electron chi connectivity index (χ4n) is 14.0. The van der Waals surface area contributed by atoms with E-state index >= 15 is 0 Å². The topological polar surface area (TPSA) is 465 Å². The van der Waals surface area contributed by atoms with Crippen molar-refractivity contribution in [3.05, 3.63) is 70.8 Å². The molecule has 0 bridgehead atoms. The van der Waals surface area contributed by atoms with E-state index in [1.165, 1.54) is 96.2 Å². The van der Waals surface area contributed by atoms with E-state index in [-0.39, 0.29) is 105 Å². The zero-order valence-electron chi connectivity index (χ0n) is 75.7. The van der Waals surface area contributed by atoms with Crippen molar-refractivity contribution in [1.82, 2.24) is 46.2 Å². The number of amides is 9. The van der Waals surface area contributed by atoms with E-state index in [4.69, 9.17) is 40.3 Å². The third-order valence-electron chi connectivity index (χ3n) is 20.8. The van der Waals surface area contributed by atoms with Gasteiger partial charge in [0.15, 0.2) is 11.6 Å². The molecule has 6 rings (SSSR count). The molecule has 0 radical (unpaired) electrons. The summed E-state index contributed by atoms with van der Waals surface area (Å²) in [7, 11) is 2.45. The van der Waals surface area contributed by atoms with Crippen molar-refractivity contribution in [3.63, 3.8) is 0 Å². The fraction of sp³-hybridized carbons (Fsp3) is 0.678. The number of carbonyl (C=O) groups excluding carboxylic acids is 15. The number of nitrogens with two attached hydrogens (primary N) is 2. The number of aliphatic carboxylic acids is 1. The molecule has 13 atom stereocenters. The number of hydrogen-bond acceptors (Lipinski definition) is 23. The molecule has 2 aromatic rings. The summed E-state index contributed by atoms with van der Waals surface area (Å²) in [5.74, 6) is -8.57. The van der Waals surface area contributed by atoms with Gasteiger partial charge in [0, 0.05) is 85.4 Å². The molecule has 0 unspecified atom stereocenters. The van der Waals surface area contributed by atoms with Crippen LogP contribution in [0, 0.1) is 38.9 Å². The van der Waals surface area contributed by atoms with Crippen LogP contribution in [0.2, 0.25) is 0 Å². The minimum Gasteiger partial charge on any atom is -0.481 e. The number of benzene rings is 2. The molecule has 4 saturated heterocycles. The molecule has 0 saturated carbocycles. The van der Waals surface area contributed by atoms with Crippen molar-refractivity contribution in [2.24, 2.45) is 50.4 Å². The Hall–Kier alpha value is -9.92. The van der Waals surface area contributed by atoms with Crippen LogP contribution in [-0.4, -0.2) is 243 Å². The summed E-state index contributed by atoms with van der Waals surface area (Å²) in [5.41, 5.74) is 8.38. The molecule has 670 valence electrons. The Bertz CT molecular complexity index is 4070. The summed E-state index contributed by atoms with van der Waals surface area (Å²) in [4.78, 5) is 211. The molecule has 120 heavy (non-hydrogen) atoms. The van der Waals surface area contributed by atoms with Crippen molar-refractivity contribution in [2.45, 2.75) is 302 Å². The Labute approximate surface area is 706 Å². The van der Waals surface area contributed by atoms with Crippen molar-refractivity contribution in [3.8, 4) is 0 Å². The molecule has 4 aliphatic heterocycles. The summed E-state index contributed by atoms with van der Waals surface area (Å²) in [6, 6.07) is 3.63. The van der Waals surface area contributed by atoms with Crippen molar-refractivity contribution in [2.75, 3.05) is 40.4 Å². The van der Waals surface area contributed by atoms with Crippen LogP contribution in [0.25, 0.3) is 0 Å². The van der Waals surface area contributed by atoms with Crippen LogP contribution < -0.4 is 38.1 Å². The number of carboxylic acid groups (broad SMARTS) is 1. The molecule has 4 heterocycles. The maximum absolute atomic E-state index is 14.0. The number of carboxylic acids is 1. The van der Waals surface area contributed by atoms with E-state index in [0.717, 1.165) is 0 Å². The number of nitrogens with one attached hydrogen (secondary N) is 5. The van der Waals surface area contributed by atoms with Crippen LogP contribution in [0.4, 0.5) is 4.79 Å². The van der Waals surface area contributed by atoms with Crippen LogP contribution >= 0.6 is 0 Å². The highest BCUT2D eigenvalue weighted by atomic mass is 16.6. The minimum absolute atomic E-state index is 0.0346. The first-order valence-corrected chi connectivity index (χ1v) is 40.6. The lowest BCUT2D eigenvalue weighted by Gasteiger charge is -2.35. The van der Waals surface area contributed by atoms with E-state index in [0.29, 0.717) is 5.56 Å². The van der Waals surface area contributed by atoms with E-state index in [1.54, 1.807) is 104 Å². The highest BCUT2D eigenvalue weighted by Gasteiger charge is 2.50. The van der Waals surface area contributed by atoms with Gasteiger partial charge in [-0.05, 0) is 165 Å². The van der Waals surface area contributed by atoms with Crippen molar-refractivity contribution < 1.29 is 106 Å². The first kappa shape index (κ1) is 102. The van der Waals surface area contributed by atoms with Gasteiger partial charge in [-0.1, -0.05) is 104 Å². The van der Waals surface area contributed by atoms with Gasteiger partial charge >= 0.3 is 35.9 Å². The number of carbonyl (C=O) groups is 16.